The number of piperidine rings is 1. The second kappa shape index (κ2) is 7.87. The van der Waals surface area contributed by atoms with Crippen molar-refractivity contribution in [2.45, 2.75) is 6.42 Å². The molecule has 0 aliphatic carbocycles. The molecular formula is C17H21NO7. The normalized spacial score (nSPS) is 17.0. The molecule has 2 rings (SSSR count). The zero-order valence-corrected chi connectivity index (χ0v) is 14.7. The lowest BCUT2D eigenvalue weighted by Crippen LogP contribution is -2.47. The summed E-state index contributed by atoms with van der Waals surface area (Å²) in [5.41, 5.74) is 0.312. The molecule has 8 heteroatoms. The molecule has 1 saturated heterocycles. The van der Waals surface area contributed by atoms with Crippen LogP contribution in [0.1, 0.15) is 16.8 Å². The lowest BCUT2D eigenvalue weighted by atomic mass is 9.96. The molecule has 1 fully saturated rings. The van der Waals surface area contributed by atoms with Crippen LogP contribution in [0.3, 0.4) is 0 Å². The summed E-state index contributed by atoms with van der Waals surface area (Å²) in [4.78, 5) is 37.9. The fourth-order valence-corrected chi connectivity index (χ4v) is 2.75. The Labute approximate surface area is 145 Å². The number of rotatable bonds is 5. The van der Waals surface area contributed by atoms with Gasteiger partial charge in [-0.25, -0.2) is 0 Å². The molecule has 0 saturated carbocycles. The zero-order chi connectivity index (χ0) is 18.6. The highest BCUT2D eigenvalue weighted by atomic mass is 16.5. The Kier molecular flexibility index (Phi) is 5.84. The van der Waals surface area contributed by atoms with E-state index in [1.165, 1.54) is 45.5 Å². The number of benzene rings is 1. The Bertz CT molecular complexity index is 653. The van der Waals surface area contributed by atoms with E-state index in [9.17, 15) is 14.4 Å². The minimum Gasteiger partial charge on any atom is -0.493 e. The molecule has 1 amide bonds. The predicted molar refractivity (Wildman–Crippen MR) is 87.1 cm³/mol. The molecule has 1 unspecified atom stereocenters. The average molecular weight is 351 g/mol. The number of carbonyl (C=O) groups excluding carboxylic acids is 3. The zero-order valence-electron chi connectivity index (χ0n) is 14.7. The van der Waals surface area contributed by atoms with E-state index in [2.05, 4.69) is 4.74 Å². The average Bonchev–Trinajstić information content (AvgIpc) is 2.65. The standard InChI is InChI=1S/C17H21NO7/c1-22-13-7-10(8-14(23-2)15(13)24-3)16(20)18-6-5-12(19)11(9-18)17(21)25-4/h7-8,11H,5-6,9H2,1-4H3. The molecule has 8 nitrogen and oxygen atoms in total. The number of nitrogens with zero attached hydrogens (tertiary/aromatic N) is 1. The molecule has 0 N–H and O–H groups in total. The van der Waals surface area contributed by atoms with Gasteiger partial charge >= 0.3 is 5.97 Å². The summed E-state index contributed by atoms with van der Waals surface area (Å²) >= 11 is 0. The van der Waals surface area contributed by atoms with E-state index in [-0.39, 0.29) is 31.2 Å². The summed E-state index contributed by atoms with van der Waals surface area (Å²) in [5, 5.41) is 0. The van der Waals surface area contributed by atoms with E-state index in [0.29, 0.717) is 22.8 Å². The second-order valence-electron chi connectivity index (χ2n) is 5.46. The Morgan fingerprint density at radius 3 is 2.12 bits per heavy atom. The molecule has 25 heavy (non-hydrogen) atoms. The largest absolute Gasteiger partial charge is 0.493 e. The first-order chi connectivity index (χ1) is 12.0. The summed E-state index contributed by atoms with van der Waals surface area (Å²) < 4.78 is 20.4. The van der Waals surface area contributed by atoms with Crippen LogP contribution < -0.4 is 14.2 Å². The lowest BCUT2D eigenvalue weighted by molar-refractivity contribution is -0.151. The lowest BCUT2D eigenvalue weighted by Gasteiger charge is -2.30. The van der Waals surface area contributed by atoms with Crippen LogP contribution in [-0.2, 0) is 14.3 Å². The summed E-state index contributed by atoms with van der Waals surface area (Å²) in [7, 11) is 5.60. The number of Topliss-reactive ketones (excluding diaryl/α,β-unsaturated/α-hetero) is 1. The quantitative estimate of drug-likeness (QED) is 0.575. The van der Waals surface area contributed by atoms with Gasteiger partial charge in [0.15, 0.2) is 17.3 Å². The van der Waals surface area contributed by atoms with Crippen molar-refractivity contribution in [2.24, 2.45) is 5.92 Å². The monoisotopic (exact) mass is 351 g/mol. The molecule has 1 heterocycles. The molecule has 0 bridgehead atoms. The minimum atomic E-state index is -0.954. The number of ketones is 1. The Hall–Kier alpha value is -2.77. The van der Waals surface area contributed by atoms with Gasteiger partial charge in [-0.1, -0.05) is 0 Å². The van der Waals surface area contributed by atoms with Gasteiger partial charge in [0.25, 0.3) is 5.91 Å². The molecule has 1 aromatic rings. The van der Waals surface area contributed by atoms with Gasteiger partial charge in [-0.2, -0.15) is 0 Å². The second-order valence-corrected chi connectivity index (χ2v) is 5.46. The summed E-state index contributed by atoms with van der Waals surface area (Å²) in [6, 6.07) is 3.07. The van der Waals surface area contributed by atoms with Gasteiger partial charge in [0.2, 0.25) is 5.75 Å². The van der Waals surface area contributed by atoms with E-state index in [0.717, 1.165) is 0 Å². The van der Waals surface area contributed by atoms with E-state index in [1.54, 1.807) is 0 Å². The fraction of sp³-hybridized carbons (Fsp3) is 0.471. The summed E-state index contributed by atoms with van der Waals surface area (Å²) in [5.74, 6) is -1.06. The number of hydrogen-bond donors (Lipinski definition) is 0. The Balaban J connectivity index is 2.31. The van der Waals surface area contributed by atoms with Gasteiger partial charge in [-0.05, 0) is 12.1 Å². The van der Waals surface area contributed by atoms with Crippen LogP contribution >= 0.6 is 0 Å². The number of amides is 1. The number of esters is 1. The molecule has 0 aromatic heterocycles. The SMILES string of the molecule is COC(=O)C1CN(C(=O)c2cc(OC)c(OC)c(OC)c2)CCC1=O. The summed E-state index contributed by atoms with van der Waals surface area (Å²) in [6.07, 6.45) is 0.107. The van der Waals surface area contributed by atoms with Crippen LogP contribution in [0, 0.1) is 5.92 Å². The molecule has 0 spiro atoms. The van der Waals surface area contributed by atoms with E-state index >= 15 is 0 Å². The van der Waals surface area contributed by atoms with Crippen LogP contribution in [0.4, 0.5) is 0 Å². The van der Waals surface area contributed by atoms with Crippen LogP contribution in [0.5, 0.6) is 17.2 Å². The van der Waals surface area contributed by atoms with E-state index in [1.807, 2.05) is 0 Å². The maximum atomic E-state index is 12.8. The first kappa shape index (κ1) is 18.6. The van der Waals surface area contributed by atoms with Crippen molar-refractivity contribution in [1.82, 2.24) is 4.90 Å². The summed E-state index contributed by atoms with van der Waals surface area (Å²) in [6.45, 7) is 0.225. The smallest absolute Gasteiger partial charge is 0.318 e. The predicted octanol–water partition coefficient (Wildman–Crippen LogP) is 0.917. The number of likely N-dealkylation sites (tertiary alicyclic amines) is 1. The molecule has 0 radical (unpaired) electrons. The molecule has 136 valence electrons. The number of methoxy groups -OCH3 is 4. The Morgan fingerprint density at radius 2 is 1.64 bits per heavy atom. The van der Waals surface area contributed by atoms with Gasteiger partial charge in [-0.3, -0.25) is 14.4 Å². The number of ether oxygens (including phenoxy) is 4. The highest BCUT2D eigenvalue weighted by Gasteiger charge is 2.36. The molecule has 1 aliphatic heterocycles. The van der Waals surface area contributed by atoms with E-state index in [4.69, 9.17) is 14.2 Å². The highest BCUT2D eigenvalue weighted by molar-refractivity contribution is 6.02. The maximum absolute atomic E-state index is 12.8. The minimum absolute atomic E-state index is 0.0129. The topological polar surface area (TPSA) is 91.4 Å². The van der Waals surface area contributed by atoms with Crippen molar-refractivity contribution in [3.8, 4) is 17.2 Å². The highest BCUT2D eigenvalue weighted by Crippen LogP contribution is 2.38. The van der Waals surface area contributed by atoms with Crippen molar-refractivity contribution in [1.29, 1.82) is 0 Å². The third-order valence-electron chi connectivity index (χ3n) is 4.10. The van der Waals surface area contributed by atoms with Crippen LogP contribution in [0.2, 0.25) is 0 Å². The third kappa shape index (κ3) is 3.67. The Morgan fingerprint density at radius 1 is 1.04 bits per heavy atom. The van der Waals surface area contributed by atoms with Crippen LogP contribution in [0.15, 0.2) is 12.1 Å². The van der Waals surface area contributed by atoms with Crippen molar-refractivity contribution in [3.05, 3.63) is 17.7 Å². The first-order valence-electron chi connectivity index (χ1n) is 7.66. The molecule has 1 aliphatic rings. The van der Waals surface area contributed by atoms with Crippen LogP contribution in [0.25, 0.3) is 0 Å². The number of hydrogen-bond acceptors (Lipinski definition) is 7. The molecule has 1 atom stereocenters. The van der Waals surface area contributed by atoms with Gasteiger partial charge < -0.3 is 23.8 Å². The van der Waals surface area contributed by atoms with Gasteiger partial charge in [0.05, 0.1) is 28.4 Å². The van der Waals surface area contributed by atoms with Crippen molar-refractivity contribution in [2.75, 3.05) is 41.5 Å². The van der Waals surface area contributed by atoms with E-state index < -0.39 is 11.9 Å². The van der Waals surface area contributed by atoms with Gasteiger partial charge in [0.1, 0.15) is 5.92 Å². The van der Waals surface area contributed by atoms with Crippen molar-refractivity contribution < 1.29 is 33.3 Å². The van der Waals surface area contributed by atoms with Gasteiger partial charge in [-0.15, -0.1) is 0 Å². The van der Waals surface area contributed by atoms with Crippen LogP contribution in [-0.4, -0.2) is 64.1 Å². The van der Waals surface area contributed by atoms with Gasteiger partial charge in [0, 0.05) is 25.1 Å². The fourth-order valence-electron chi connectivity index (χ4n) is 2.75. The van der Waals surface area contributed by atoms with Crippen molar-refractivity contribution >= 4 is 17.7 Å². The first-order valence-corrected chi connectivity index (χ1v) is 7.66. The number of carbonyl (C=O) groups is 3. The molecular weight excluding hydrogens is 330 g/mol. The third-order valence-corrected chi connectivity index (χ3v) is 4.10. The molecule has 1 aromatic carbocycles. The maximum Gasteiger partial charge on any atom is 0.318 e. The van der Waals surface area contributed by atoms with Crippen molar-refractivity contribution in [3.63, 3.8) is 0 Å².